The van der Waals surface area contributed by atoms with Crippen molar-refractivity contribution in [3.05, 3.63) is 24.3 Å². The van der Waals surface area contributed by atoms with E-state index in [1.807, 2.05) is 24.3 Å². The molecule has 2 rings (SSSR count). The van der Waals surface area contributed by atoms with E-state index in [1.54, 1.807) is 0 Å². The van der Waals surface area contributed by atoms with Gasteiger partial charge in [-0.2, -0.15) is 4.98 Å². The Morgan fingerprint density at radius 2 is 2.27 bits per heavy atom. The van der Waals surface area contributed by atoms with Crippen LogP contribution in [0.15, 0.2) is 28.7 Å². The first kappa shape index (κ1) is 9.98. The van der Waals surface area contributed by atoms with Crippen molar-refractivity contribution in [3.8, 4) is 0 Å². The number of nitrogens with zero attached hydrogens (tertiary/aromatic N) is 1. The van der Waals surface area contributed by atoms with E-state index in [4.69, 9.17) is 10.2 Å². The fraction of sp³-hybridized carbons (Fsp3) is 0.364. The number of rotatable bonds is 4. The van der Waals surface area contributed by atoms with Crippen LogP contribution >= 0.6 is 0 Å². The SMILES string of the molecule is CCC(N)CNc1nc2ccccc2o1. The molecule has 0 spiro atoms. The molecular formula is C11H15N3O. The molecule has 0 radical (unpaired) electrons. The van der Waals surface area contributed by atoms with Gasteiger partial charge < -0.3 is 15.5 Å². The van der Waals surface area contributed by atoms with E-state index in [0.717, 1.165) is 17.5 Å². The molecule has 0 amide bonds. The highest BCUT2D eigenvalue weighted by atomic mass is 16.4. The van der Waals surface area contributed by atoms with Crippen LogP contribution in [0.2, 0.25) is 0 Å². The van der Waals surface area contributed by atoms with Gasteiger partial charge in [-0.15, -0.1) is 0 Å². The molecule has 0 aliphatic rings. The molecule has 1 unspecified atom stereocenters. The zero-order valence-corrected chi connectivity index (χ0v) is 8.73. The van der Waals surface area contributed by atoms with Crippen molar-refractivity contribution >= 4 is 17.1 Å². The van der Waals surface area contributed by atoms with Crippen LogP contribution in [-0.4, -0.2) is 17.6 Å². The molecular weight excluding hydrogens is 190 g/mol. The Labute approximate surface area is 88.5 Å². The number of anilines is 1. The number of benzene rings is 1. The smallest absolute Gasteiger partial charge is 0.295 e. The fourth-order valence-electron chi connectivity index (χ4n) is 1.31. The number of oxazole rings is 1. The lowest BCUT2D eigenvalue weighted by Crippen LogP contribution is -2.28. The Bertz CT molecular complexity index is 405. The van der Waals surface area contributed by atoms with Crippen LogP contribution in [0.5, 0.6) is 0 Å². The molecule has 15 heavy (non-hydrogen) atoms. The molecule has 80 valence electrons. The van der Waals surface area contributed by atoms with Crippen molar-refractivity contribution in [2.24, 2.45) is 5.73 Å². The van der Waals surface area contributed by atoms with Crippen molar-refractivity contribution < 1.29 is 4.42 Å². The van der Waals surface area contributed by atoms with Crippen LogP contribution in [0.3, 0.4) is 0 Å². The first-order valence-electron chi connectivity index (χ1n) is 5.14. The third-order valence-corrected chi connectivity index (χ3v) is 2.33. The molecule has 1 aromatic heterocycles. The molecule has 0 fully saturated rings. The van der Waals surface area contributed by atoms with E-state index in [2.05, 4.69) is 17.2 Å². The molecule has 4 nitrogen and oxygen atoms in total. The summed E-state index contributed by atoms with van der Waals surface area (Å²) in [5, 5.41) is 3.08. The summed E-state index contributed by atoms with van der Waals surface area (Å²) in [7, 11) is 0. The summed E-state index contributed by atoms with van der Waals surface area (Å²) < 4.78 is 5.49. The lowest BCUT2D eigenvalue weighted by Gasteiger charge is -2.07. The zero-order valence-electron chi connectivity index (χ0n) is 8.73. The van der Waals surface area contributed by atoms with Gasteiger partial charge in [-0.3, -0.25) is 0 Å². The molecule has 0 bridgehead atoms. The predicted octanol–water partition coefficient (Wildman–Crippen LogP) is 1.98. The molecule has 0 aliphatic heterocycles. The molecule has 2 aromatic rings. The Kier molecular flexibility index (Phi) is 2.87. The molecule has 0 saturated heterocycles. The van der Waals surface area contributed by atoms with Crippen LogP contribution in [0.4, 0.5) is 6.01 Å². The first-order valence-corrected chi connectivity index (χ1v) is 5.14. The van der Waals surface area contributed by atoms with E-state index < -0.39 is 0 Å². The minimum absolute atomic E-state index is 0.139. The van der Waals surface area contributed by atoms with Gasteiger partial charge in [0.1, 0.15) is 5.52 Å². The van der Waals surface area contributed by atoms with Gasteiger partial charge >= 0.3 is 0 Å². The monoisotopic (exact) mass is 205 g/mol. The van der Waals surface area contributed by atoms with Crippen LogP contribution in [0.1, 0.15) is 13.3 Å². The summed E-state index contributed by atoms with van der Waals surface area (Å²) in [6.45, 7) is 2.74. The number of nitrogens with two attached hydrogens (primary N) is 1. The summed E-state index contributed by atoms with van der Waals surface area (Å²) >= 11 is 0. The highest BCUT2D eigenvalue weighted by molar-refractivity contribution is 5.74. The van der Waals surface area contributed by atoms with E-state index in [1.165, 1.54) is 0 Å². The highest BCUT2D eigenvalue weighted by Crippen LogP contribution is 2.17. The molecule has 1 atom stereocenters. The molecule has 0 saturated carbocycles. The van der Waals surface area contributed by atoms with Gasteiger partial charge in [0, 0.05) is 12.6 Å². The lowest BCUT2D eigenvalue weighted by atomic mass is 10.2. The van der Waals surface area contributed by atoms with Crippen molar-refractivity contribution in [2.75, 3.05) is 11.9 Å². The molecule has 1 aromatic carbocycles. The van der Waals surface area contributed by atoms with E-state index >= 15 is 0 Å². The second kappa shape index (κ2) is 4.31. The lowest BCUT2D eigenvalue weighted by molar-refractivity contribution is 0.598. The highest BCUT2D eigenvalue weighted by Gasteiger charge is 2.05. The zero-order chi connectivity index (χ0) is 10.7. The van der Waals surface area contributed by atoms with Gasteiger partial charge in [0.05, 0.1) is 0 Å². The van der Waals surface area contributed by atoms with Gasteiger partial charge in [-0.1, -0.05) is 19.1 Å². The summed E-state index contributed by atoms with van der Waals surface area (Å²) in [4.78, 5) is 4.29. The normalized spacial score (nSPS) is 12.9. The average Bonchev–Trinajstić information content (AvgIpc) is 2.68. The summed E-state index contributed by atoms with van der Waals surface area (Å²) in [6, 6.07) is 8.36. The summed E-state index contributed by atoms with van der Waals surface area (Å²) in [5.41, 5.74) is 7.45. The molecule has 0 aliphatic carbocycles. The number of aromatic nitrogens is 1. The van der Waals surface area contributed by atoms with Crippen LogP contribution in [-0.2, 0) is 0 Å². The number of hydrogen-bond donors (Lipinski definition) is 2. The Morgan fingerprint density at radius 3 is 3.00 bits per heavy atom. The standard InChI is InChI=1S/C11H15N3O/c1-2-8(12)7-13-11-14-9-5-3-4-6-10(9)15-11/h3-6,8H,2,7,12H2,1H3,(H,13,14). The van der Waals surface area contributed by atoms with Crippen LogP contribution in [0, 0.1) is 0 Å². The maximum atomic E-state index is 5.78. The Hall–Kier alpha value is -1.55. The summed E-state index contributed by atoms with van der Waals surface area (Å²) in [6.07, 6.45) is 0.938. The second-order valence-corrected chi connectivity index (χ2v) is 3.54. The van der Waals surface area contributed by atoms with Crippen molar-refractivity contribution in [1.82, 2.24) is 4.98 Å². The van der Waals surface area contributed by atoms with Gasteiger partial charge in [0.15, 0.2) is 5.58 Å². The molecule has 4 heteroatoms. The van der Waals surface area contributed by atoms with Crippen LogP contribution < -0.4 is 11.1 Å². The average molecular weight is 205 g/mol. The van der Waals surface area contributed by atoms with Crippen molar-refractivity contribution in [1.29, 1.82) is 0 Å². The largest absolute Gasteiger partial charge is 0.424 e. The Balaban J connectivity index is 2.09. The van der Waals surface area contributed by atoms with Gasteiger partial charge in [-0.05, 0) is 18.6 Å². The fourth-order valence-corrected chi connectivity index (χ4v) is 1.31. The van der Waals surface area contributed by atoms with E-state index in [9.17, 15) is 0 Å². The number of para-hydroxylation sites is 2. The predicted molar refractivity (Wildman–Crippen MR) is 60.8 cm³/mol. The number of nitrogens with one attached hydrogen (secondary N) is 1. The Morgan fingerprint density at radius 1 is 1.47 bits per heavy atom. The molecule has 3 N–H and O–H groups in total. The third-order valence-electron chi connectivity index (χ3n) is 2.33. The van der Waals surface area contributed by atoms with E-state index in [-0.39, 0.29) is 6.04 Å². The third kappa shape index (κ3) is 2.27. The van der Waals surface area contributed by atoms with Crippen LogP contribution in [0.25, 0.3) is 11.1 Å². The van der Waals surface area contributed by atoms with Gasteiger partial charge in [0.2, 0.25) is 0 Å². The maximum absolute atomic E-state index is 5.78. The van der Waals surface area contributed by atoms with Gasteiger partial charge in [0.25, 0.3) is 6.01 Å². The minimum atomic E-state index is 0.139. The maximum Gasteiger partial charge on any atom is 0.295 e. The summed E-state index contributed by atoms with van der Waals surface area (Å²) in [5.74, 6) is 0. The van der Waals surface area contributed by atoms with E-state index in [0.29, 0.717) is 12.6 Å². The van der Waals surface area contributed by atoms with Crippen molar-refractivity contribution in [2.45, 2.75) is 19.4 Å². The molecule has 1 heterocycles. The van der Waals surface area contributed by atoms with Gasteiger partial charge in [-0.25, -0.2) is 0 Å². The number of hydrogen-bond acceptors (Lipinski definition) is 4. The quantitative estimate of drug-likeness (QED) is 0.801. The number of fused-ring (bicyclic) bond motifs is 1. The first-order chi connectivity index (χ1) is 7.29. The topological polar surface area (TPSA) is 64.1 Å². The minimum Gasteiger partial charge on any atom is -0.424 e. The second-order valence-electron chi connectivity index (χ2n) is 3.54. The van der Waals surface area contributed by atoms with Crippen molar-refractivity contribution in [3.63, 3.8) is 0 Å².